The summed E-state index contributed by atoms with van der Waals surface area (Å²) in [6.07, 6.45) is 3.43. The van der Waals surface area contributed by atoms with Crippen molar-refractivity contribution < 1.29 is 19.4 Å². The van der Waals surface area contributed by atoms with Gasteiger partial charge in [-0.05, 0) is 25.0 Å². The quantitative estimate of drug-likeness (QED) is 0.885. The van der Waals surface area contributed by atoms with E-state index in [9.17, 15) is 9.59 Å². The monoisotopic (exact) mass is 327 g/mol. The van der Waals surface area contributed by atoms with Gasteiger partial charge in [-0.15, -0.1) is 0 Å². The third-order valence-corrected chi connectivity index (χ3v) is 3.55. The van der Waals surface area contributed by atoms with Crippen molar-refractivity contribution in [2.75, 3.05) is 13.1 Å². The van der Waals surface area contributed by atoms with E-state index in [1.807, 2.05) is 18.2 Å². The zero-order chi connectivity index (χ0) is 16.9. The number of carbonyl (C=O) groups is 2. The van der Waals surface area contributed by atoms with E-state index in [2.05, 4.69) is 15.3 Å². The zero-order valence-corrected chi connectivity index (χ0v) is 12.9. The molecule has 4 rings (SSSR count). The van der Waals surface area contributed by atoms with Gasteiger partial charge in [0.15, 0.2) is 5.78 Å². The largest absolute Gasteiger partial charge is 0.477 e. The summed E-state index contributed by atoms with van der Waals surface area (Å²) in [7, 11) is 0. The summed E-state index contributed by atoms with van der Waals surface area (Å²) in [5.74, 6) is 0.913. The second-order valence-corrected chi connectivity index (χ2v) is 5.58. The molecular weight excluding hydrogens is 310 g/mol. The molecule has 0 spiro atoms. The predicted octanol–water partition coefficient (Wildman–Crippen LogP) is 2.00. The van der Waals surface area contributed by atoms with Gasteiger partial charge in [0.1, 0.15) is 17.1 Å². The van der Waals surface area contributed by atoms with Gasteiger partial charge in [-0.1, -0.05) is 18.2 Å². The molecule has 7 heteroatoms. The fourth-order valence-corrected chi connectivity index (χ4v) is 1.97. The molecule has 1 aromatic carbocycles. The number of para-hydroxylation sites is 1. The Morgan fingerprint density at radius 1 is 1.21 bits per heavy atom. The molecule has 124 valence electrons. The molecule has 24 heavy (non-hydrogen) atoms. The minimum Gasteiger partial charge on any atom is -0.477 e. The van der Waals surface area contributed by atoms with Crippen molar-refractivity contribution in [3.05, 3.63) is 47.9 Å². The number of aromatic carboxylic acids is 1. The number of carbonyl (C=O) groups excluding carboxylic acids is 1. The maximum atomic E-state index is 11.1. The number of nitrogens with one attached hydrogen (secondary N) is 1. The Hall–Kier alpha value is -2.80. The maximum absolute atomic E-state index is 11.1. The van der Waals surface area contributed by atoms with E-state index in [1.54, 1.807) is 12.1 Å². The number of Topliss-reactive ketones (excluding diaryl/α,β-unsaturated/α-hetero) is 1. The number of aromatic nitrogens is 2. The lowest BCUT2D eigenvalue weighted by atomic mass is 10.3. The second-order valence-electron chi connectivity index (χ2n) is 5.58. The van der Waals surface area contributed by atoms with Crippen LogP contribution in [0, 0.1) is 0 Å². The van der Waals surface area contributed by atoms with Gasteiger partial charge in [0.05, 0.1) is 13.1 Å². The number of carboxylic acid groups (broad SMARTS) is 1. The summed E-state index contributed by atoms with van der Waals surface area (Å²) in [6.45, 7) is 1.19. The Balaban J connectivity index is 0.000000290. The van der Waals surface area contributed by atoms with E-state index < -0.39 is 5.97 Å². The van der Waals surface area contributed by atoms with Crippen molar-refractivity contribution in [1.82, 2.24) is 15.3 Å². The summed E-state index contributed by atoms with van der Waals surface area (Å²) in [4.78, 5) is 29.3. The van der Waals surface area contributed by atoms with Crippen molar-refractivity contribution in [2.24, 2.45) is 0 Å². The average molecular weight is 327 g/mol. The highest BCUT2D eigenvalue weighted by atomic mass is 16.5. The van der Waals surface area contributed by atoms with E-state index in [0.717, 1.165) is 12.8 Å². The molecular formula is C17H17N3O4. The minimum absolute atomic E-state index is 0.0201. The van der Waals surface area contributed by atoms with Crippen molar-refractivity contribution in [2.45, 2.75) is 18.8 Å². The van der Waals surface area contributed by atoms with Crippen LogP contribution in [-0.2, 0) is 4.79 Å². The fraction of sp³-hybridized carbons (Fsp3) is 0.294. The van der Waals surface area contributed by atoms with Crippen LogP contribution in [0.1, 0.15) is 34.9 Å². The minimum atomic E-state index is -1.09. The predicted molar refractivity (Wildman–Crippen MR) is 85.4 cm³/mol. The van der Waals surface area contributed by atoms with E-state index in [1.165, 1.54) is 6.20 Å². The van der Waals surface area contributed by atoms with E-state index in [-0.39, 0.29) is 11.4 Å². The lowest BCUT2D eigenvalue weighted by molar-refractivity contribution is -0.121. The van der Waals surface area contributed by atoms with Gasteiger partial charge in [-0.3, -0.25) is 4.79 Å². The molecule has 2 aromatic rings. The molecule has 1 saturated heterocycles. The number of hydrogen-bond donors (Lipinski definition) is 2. The van der Waals surface area contributed by atoms with Crippen molar-refractivity contribution in [3.8, 4) is 11.6 Å². The lowest BCUT2D eigenvalue weighted by Gasteiger charge is -2.08. The molecule has 0 amide bonds. The molecule has 2 heterocycles. The zero-order valence-electron chi connectivity index (χ0n) is 12.9. The Morgan fingerprint density at radius 2 is 1.88 bits per heavy atom. The SMILES string of the molecule is O=C(O)c1cnc(C2CC2)nc1Oc1ccccc1.O=C1CNC1. The normalized spacial score (nSPS) is 15.8. The summed E-state index contributed by atoms with van der Waals surface area (Å²) >= 11 is 0. The highest BCUT2D eigenvalue weighted by molar-refractivity contribution is 5.89. The first-order valence-corrected chi connectivity index (χ1v) is 7.69. The number of benzene rings is 1. The second kappa shape index (κ2) is 7.18. The van der Waals surface area contributed by atoms with Crippen molar-refractivity contribution in [1.29, 1.82) is 0 Å². The third kappa shape index (κ3) is 4.14. The maximum Gasteiger partial charge on any atom is 0.342 e. The van der Waals surface area contributed by atoms with Crippen molar-refractivity contribution in [3.63, 3.8) is 0 Å². The van der Waals surface area contributed by atoms with Crippen LogP contribution in [0.5, 0.6) is 11.6 Å². The summed E-state index contributed by atoms with van der Waals surface area (Å²) < 4.78 is 5.56. The summed E-state index contributed by atoms with van der Waals surface area (Å²) in [6, 6.07) is 9.01. The summed E-state index contributed by atoms with van der Waals surface area (Å²) in [5, 5.41) is 11.9. The van der Waals surface area contributed by atoms with E-state index >= 15 is 0 Å². The highest BCUT2D eigenvalue weighted by Crippen LogP contribution is 2.39. The average Bonchev–Trinajstić information content (AvgIpc) is 3.39. The molecule has 0 bridgehead atoms. The molecule has 2 aliphatic rings. The van der Waals surface area contributed by atoms with Gasteiger partial charge in [0.25, 0.3) is 0 Å². The lowest BCUT2D eigenvalue weighted by Crippen LogP contribution is -2.42. The van der Waals surface area contributed by atoms with E-state index in [0.29, 0.717) is 36.4 Å². The first-order chi connectivity index (χ1) is 11.6. The van der Waals surface area contributed by atoms with Crippen LogP contribution in [0.3, 0.4) is 0 Å². The van der Waals surface area contributed by atoms with Crippen LogP contribution in [0.25, 0.3) is 0 Å². The first kappa shape index (κ1) is 16.1. The standard InChI is InChI=1S/C14H12N2O3.C3H5NO/c17-14(18)11-8-15-12(9-6-7-9)16-13(11)19-10-4-2-1-3-5-10;5-3-1-4-2-3/h1-5,8-9H,6-7H2,(H,17,18);4H,1-2H2. The Morgan fingerprint density at radius 3 is 2.38 bits per heavy atom. The molecule has 0 atom stereocenters. The summed E-state index contributed by atoms with van der Waals surface area (Å²) in [5.41, 5.74) is -0.0201. The molecule has 2 fully saturated rings. The van der Waals surface area contributed by atoms with Gasteiger partial charge in [0.2, 0.25) is 5.88 Å². The van der Waals surface area contributed by atoms with Gasteiger partial charge >= 0.3 is 5.97 Å². The van der Waals surface area contributed by atoms with Crippen LogP contribution < -0.4 is 10.1 Å². The first-order valence-electron chi connectivity index (χ1n) is 7.69. The number of nitrogens with zero attached hydrogens (tertiary/aromatic N) is 2. The molecule has 1 aliphatic carbocycles. The molecule has 0 radical (unpaired) electrons. The van der Waals surface area contributed by atoms with Gasteiger partial charge in [-0.25, -0.2) is 9.78 Å². The van der Waals surface area contributed by atoms with Crippen LogP contribution in [-0.4, -0.2) is 39.9 Å². The third-order valence-electron chi connectivity index (χ3n) is 3.55. The topological polar surface area (TPSA) is 101 Å². The van der Waals surface area contributed by atoms with Gasteiger partial charge < -0.3 is 15.2 Å². The highest BCUT2D eigenvalue weighted by Gasteiger charge is 2.28. The molecule has 2 N–H and O–H groups in total. The molecule has 1 aliphatic heterocycles. The smallest absolute Gasteiger partial charge is 0.342 e. The Bertz CT molecular complexity index is 739. The number of hydrogen-bond acceptors (Lipinski definition) is 6. The number of ketones is 1. The molecule has 1 aromatic heterocycles. The van der Waals surface area contributed by atoms with E-state index in [4.69, 9.17) is 9.84 Å². The van der Waals surface area contributed by atoms with Crippen molar-refractivity contribution >= 4 is 11.8 Å². The van der Waals surface area contributed by atoms with Gasteiger partial charge in [-0.2, -0.15) is 4.98 Å². The molecule has 7 nitrogen and oxygen atoms in total. The Kier molecular flexibility index (Phi) is 4.81. The number of carboxylic acids is 1. The van der Waals surface area contributed by atoms with Crippen LogP contribution in [0.4, 0.5) is 0 Å². The molecule has 0 unspecified atom stereocenters. The van der Waals surface area contributed by atoms with Gasteiger partial charge in [0, 0.05) is 12.1 Å². The van der Waals surface area contributed by atoms with Crippen LogP contribution >= 0.6 is 0 Å². The van der Waals surface area contributed by atoms with Crippen LogP contribution in [0.15, 0.2) is 36.5 Å². The van der Waals surface area contributed by atoms with Crippen LogP contribution in [0.2, 0.25) is 0 Å². The fourth-order valence-electron chi connectivity index (χ4n) is 1.97. The Labute approximate surface area is 138 Å². The molecule has 1 saturated carbocycles. The number of rotatable bonds is 4. The number of ether oxygens (including phenoxy) is 1.